The van der Waals surface area contributed by atoms with E-state index in [-0.39, 0.29) is 11.6 Å². The van der Waals surface area contributed by atoms with Crippen molar-refractivity contribution in [2.45, 2.75) is 19.3 Å². The molecule has 114 valence electrons. The monoisotopic (exact) mass is 297 g/mol. The maximum Gasteiger partial charge on any atom is 0.169 e. The van der Waals surface area contributed by atoms with E-state index < -0.39 is 0 Å². The molecular weight excluding hydrogens is 278 g/mol. The van der Waals surface area contributed by atoms with Gasteiger partial charge in [0.05, 0.1) is 12.2 Å². The fourth-order valence-corrected chi connectivity index (χ4v) is 3.01. The molecular formula is C18H19NO3. The number of ether oxygens (including phenoxy) is 1. The van der Waals surface area contributed by atoms with Crippen LogP contribution in [0.15, 0.2) is 18.2 Å². The van der Waals surface area contributed by atoms with E-state index in [9.17, 15) is 9.59 Å². The average Bonchev–Trinajstić information content (AvgIpc) is 3.00. The fourth-order valence-electron chi connectivity index (χ4n) is 3.01. The number of nitrogens with zero attached hydrogens (tertiary/aromatic N) is 1. The molecule has 0 spiro atoms. The Morgan fingerprint density at radius 1 is 1.45 bits per heavy atom. The summed E-state index contributed by atoms with van der Waals surface area (Å²) in [5.74, 6) is 3.79. The smallest absolute Gasteiger partial charge is 0.169 e. The van der Waals surface area contributed by atoms with Crippen LogP contribution in [0.25, 0.3) is 0 Å². The van der Waals surface area contributed by atoms with Crippen molar-refractivity contribution in [1.29, 1.82) is 0 Å². The molecule has 0 N–H and O–H groups in total. The van der Waals surface area contributed by atoms with E-state index in [1.54, 1.807) is 18.2 Å². The normalized spacial score (nSPS) is 21.0. The molecule has 3 rings (SSSR count). The average molecular weight is 297 g/mol. The molecule has 4 heteroatoms. The van der Waals surface area contributed by atoms with Gasteiger partial charge in [-0.05, 0) is 25.1 Å². The van der Waals surface area contributed by atoms with Crippen LogP contribution in [0.2, 0.25) is 0 Å². The number of carbonyl (C=O) groups is 2. The Morgan fingerprint density at radius 2 is 2.32 bits per heavy atom. The first-order valence-corrected chi connectivity index (χ1v) is 7.69. The summed E-state index contributed by atoms with van der Waals surface area (Å²) in [6, 6.07) is 5.12. The zero-order valence-corrected chi connectivity index (χ0v) is 12.5. The Balaban J connectivity index is 1.61. The highest BCUT2D eigenvalue weighted by Crippen LogP contribution is 2.26. The van der Waals surface area contributed by atoms with Crippen molar-refractivity contribution in [3.63, 3.8) is 0 Å². The summed E-state index contributed by atoms with van der Waals surface area (Å²) in [5.41, 5.74) is 1.19. The van der Waals surface area contributed by atoms with Crippen LogP contribution in [-0.2, 0) is 0 Å². The van der Waals surface area contributed by atoms with Crippen LogP contribution in [0.4, 0.5) is 0 Å². The molecule has 0 bridgehead atoms. The summed E-state index contributed by atoms with van der Waals surface area (Å²) < 4.78 is 5.49. The number of benzene rings is 1. The molecule has 2 heterocycles. The van der Waals surface area contributed by atoms with E-state index >= 15 is 0 Å². The molecule has 0 aromatic heterocycles. The van der Waals surface area contributed by atoms with Crippen molar-refractivity contribution in [1.82, 2.24) is 4.90 Å². The van der Waals surface area contributed by atoms with E-state index in [2.05, 4.69) is 10.8 Å². The molecule has 0 saturated carbocycles. The summed E-state index contributed by atoms with van der Waals surface area (Å²) in [6.45, 7) is 2.97. The second-order valence-corrected chi connectivity index (χ2v) is 5.86. The van der Waals surface area contributed by atoms with Crippen LogP contribution in [-0.4, -0.2) is 42.7 Å². The van der Waals surface area contributed by atoms with Crippen molar-refractivity contribution in [2.24, 2.45) is 5.92 Å². The van der Waals surface area contributed by atoms with Crippen LogP contribution in [0, 0.1) is 18.3 Å². The lowest BCUT2D eigenvalue weighted by Crippen LogP contribution is -2.24. The second-order valence-electron chi connectivity index (χ2n) is 5.86. The summed E-state index contributed by atoms with van der Waals surface area (Å²) in [5, 5.41) is 0. The van der Waals surface area contributed by atoms with E-state index in [0.29, 0.717) is 42.2 Å². The van der Waals surface area contributed by atoms with Gasteiger partial charge in [-0.25, -0.2) is 0 Å². The summed E-state index contributed by atoms with van der Waals surface area (Å²) in [7, 11) is 0. The van der Waals surface area contributed by atoms with E-state index in [1.807, 2.05) is 0 Å². The molecule has 0 aliphatic carbocycles. The Bertz CT molecular complexity index is 644. The van der Waals surface area contributed by atoms with Gasteiger partial charge in [0.25, 0.3) is 0 Å². The van der Waals surface area contributed by atoms with Gasteiger partial charge in [-0.15, -0.1) is 12.3 Å². The van der Waals surface area contributed by atoms with E-state index in [4.69, 9.17) is 11.2 Å². The zero-order valence-electron chi connectivity index (χ0n) is 12.5. The minimum atomic E-state index is 0.0774. The summed E-state index contributed by atoms with van der Waals surface area (Å²) in [6.07, 6.45) is 7.32. The standard InChI is InChI=1S/C18H19NO3/c1-2-13-5-8-19(12-13)9-6-16(20)14-3-4-15-17(21)7-10-22-18(15)11-14/h1,3-4,11,13H,5-10,12H2. The maximum atomic E-state index is 12.3. The summed E-state index contributed by atoms with van der Waals surface area (Å²) >= 11 is 0. The number of hydrogen-bond acceptors (Lipinski definition) is 4. The molecule has 0 amide bonds. The number of ketones is 2. The molecule has 1 aromatic rings. The topological polar surface area (TPSA) is 46.6 Å². The number of Topliss-reactive ketones (excluding diaryl/α,β-unsaturated/α-hetero) is 2. The number of carbonyl (C=O) groups excluding carboxylic acids is 2. The van der Waals surface area contributed by atoms with Crippen LogP contribution in [0.5, 0.6) is 5.75 Å². The van der Waals surface area contributed by atoms with E-state index in [0.717, 1.165) is 26.1 Å². The van der Waals surface area contributed by atoms with Gasteiger partial charge in [0.2, 0.25) is 0 Å². The lowest BCUT2D eigenvalue weighted by molar-refractivity contribution is 0.0927. The Hall–Kier alpha value is -2.12. The van der Waals surface area contributed by atoms with Gasteiger partial charge in [-0.2, -0.15) is 0 Å². The van der Waals surface area contributed by atoms with Crippen LogP contribution >= 0.6 is 0 Å². The first-order valence-electron chi connectivity index (χ1n) is 7.69. The highest BCUT2D eigenvalue weighted by Gasteiger charge is 2.22. The van der Waals surface area contributed by atoms with Crippen molar-refractivity contribution in [3.8, 4) is 18.1 Å². The van der Waals surface area contributed by atoms with Gasteiger partial charge in [0.15, 0.2) is 11.6 Å². The minimum Gasteiger partial charge on any atom is -0.492 e. The molecule has 1 atom stereocenters. The van der Waals surface area contributed by atoms with Gasteiger partial charge in [-0.3, -0.25) is 9.59 Å². The Kier molecular flexibility index (Phi) is 4.26. The predicted octanol–water partition coefficient (Wildman–Crippen LogP) is 2.18. The number of terminal acetylenes is 1. The third-order valence-corrected chi connectivity index (χ3v) is 4.35. The maximum absolute atomic E-state index is 12.3. The van der Waals surface area contributed by atoms with Crippen molar-refractivity contribution in [3.05, 3.63) is 29.3 Å². The van der Waals surface area contributed by atoms with Gasteiger partial charge in [0.1, 0.15) is 5.75 Å². The molecule has 2 aliphatic heterocycles. The van der Waals surface area contributed by atoms with Gasteiger partial charge in [-0.1, -0.05) is 6.07 Å². The molecule has 1 fully saturated rings. The van der Waals surface area contributed by atoms with Crippen LogP contribution < -0.4 is 4.74 Å². The second kappa shape index (κ2) is 6.33. The third kappa shape index (κ3) is 3.05. The number of hydrogen-bond donors (Lipinski definition) is 0. The van der Waals surface area contributed by atoms with Crippen LogP contribution in [0.1, 0.15) is 40.0 Å². The number of rotatable bonds is 4. The molecule has 1 saturated heterocycles. The first-order chi connectivity index (χ1) is 10.7. The quantitative estimate of drug-likeness (QED) is 0.631. The van der Waals surface area contributed by atoms with Gasteiger partial charge in [0, 0.05) is 37.4 Å². The van der Waals surface area contributed by atoms with Crippen molar-refractivity contribution >= 4 is 11.6 Å². The predicted molar refractivity (Wildman–Crippen MR) is 83.2 cm³/mol. The number of fused-ring (bicyclic) bond motifs is 1. The summed E-state index contributed by atoms with van der Waals surface area (Å²) in [4.78, 5) is 26.3. The van der Waals surface area contributed by atoms with Crippen LogP contribution in [0.3, 0.4) is 0 Å². The molecule has 0 radical (unpaired) electrons. The lowest BCUT2D eigenvalue weighted by Gasteiger charge is -2.17. The zero-order chi connectivity index (χ0) is 15.5. The lowest BCUT2D eigenvalue weighted by atomic mass is 10.00. The van der Waals surface area contributed by atoms with Gasteiger partial charge >= 0.3 is 0 Å². The molecule has 22 heavy (non-hydrogen) atoms. The molecule has 1 aromatic carbocycles. The van der Waals surface area contributed by atoms with Crippen molar-refractivity contribution < 1.29 is 14.3 Å². The SMILES string of the molecule is C#CC1CCN(CCC(=O)c2ccc3c(c2)OCCC3=O)C1. The van der Waals surface area contributed by atoms with Crippen molar-refractivity contribution in [2.75, 3.05) is 26.2 Å². The number of likely N-dealkylation sites (tertiary alicyclic amines) is 1. The molecule has 4 nitrogen and oxygen atoms in total. The Morgan fingerprint density at radius 3 is 3.09 bits per heavy atom. The molecule has 2 aliphatic rings. The molecule has 1 unspecified atom stereocenters. The van der Waals surface area contributed by atoms with E-state index in [1.165, 1.54) is 0 Å². The first kappa shape index (κ1) is 14.8. The van der Waals surface area contributed by atoms with Gasteiger partial charge < -0.3 is 9.64 Å². The highest BCUT2D eigenvalue weighted by atomic mass is 16.5. The third-order valence-electron chi connectivity index (χ3n) is 4.35. The minimum absolute atomic E-state index is 0.0774. The highest BCUT2D eigenvalue weighted by molar-refractivity contribution is 6.02. The Labute approximate surface area is 130 Å². The largest absolute Gasteiger partial charge is 0.492 e. The fraction of sp³-hybridized carbons (Fsp3) is 0.444.